The van der Waals surface area contributed by atoms with E-state index >= 15 is 0 Å². The molecule has 0 aliphatic rings. The van der Waals surface area contributed by atoms with Crippen LogP contribution in [-0.2, 0) is 12.8 Å². The minimum atomic E-state index is 0.798. The zero-order valence-electron chi connectivity index (χ0n) is 28.0. The molecule has 2 heteroatoms. The Bertz CT molecular complexity index is 1730. The standard InChI is InChI=1S/C42H52S2/c1-27(2)9-7-11-29(5)13-15-31-17-19-33-21-23-35-39(37(33)25-31)43-42-36-24-22-34-20-18-32(26-38(34)40(36)44-41(35)42)16-14-30(6)12-8-10-28(3)4/h17-30H,7-16H2,1-6H3. The maximum Gasteiger partial charge on any atom is 0.0542 e. The van der Waals surface area contributed by atoms with E-state index in [-0.39, 0.29) is 0 Å². The molecule has 4 aromatic carbocycles. The number of rotatable bonds is 14. The van der Waals surface area contributed by atoms with Crippen molar-refractivity contribution in [1.29, 1.82) is 0 Å². The Hall–Kier alpha value is -2.42. The predicted molar refractivity (Wildman–Crippen MR) is 202 cm³/mol. The van der Waals surface area contributed by atoms with Gasteiger partial charge in [0.15, 0.2) is 0 Å². The van der Waals surface area contributed by atoms with Crippen molar-refractivity contribution in [2.45, 2.75) is 106 Å². The number of aryl methyl sites for hydroxylation is 2. The van der Waals surface area contributed by atoms with E-state index in [1.54, 1.807) is 0 Å². The van der Waals surface area contributed by atoms with Crippen LogP contribution in [0.15, 0.2) is 60.7 Å². The maximum atomic E-state index is 2.51. The molecule has 0 spiro atoms. The Morgan fingerprint density at radius 3 is 1.25 bits per heavy atom. The van der Waals surface area contributed by atoms with E-state index in [9.17, 15) is 0 Å². The second kappa shape index (κ2) is 13.9. The van der Waals surface area contributed by atoms with Crippen molar-refractivity contribution in [3.63, 3.8) is 0 Å². The molecule has 0 saturated heterocycles. The highest BCUT2D eigenvalue weighted by Crippen LogP contribution is 2.48. The number of hydrogen-bond acceptors (Lipinski definition) is 2. The van der Waals surface area contributed by atoms with E-state index in [2.05, 4.69) is 102 Å². The number of fused-ring (bicyclic) bond motifs is 9. The van der Waals surface area contributed by atoms with Gasteiger partial charge in [0.25, 0.3) is 0 Å². The van der Waals surface area contributed by atoms with Crippen LogP contribution in [0.5, 0.6) is 0 Å². The summed E-state index contributed by atoms with van der Waals surface area (Å²) in [6, 6.07) is 24.0. The average Bonchev–Trinajstić information content (AvgIpc) is 3.55. The Morgan fingerprint density at radius 2 is 0.841 bits per heavy atom. The SMILES string of the molecule is CC(C)CCCC(C)CCc1ccc2ccc3c(sc4c5ccc6ccc(CCC(C)CCCC(C)C)cc6c5sc34)c2c1. The van der Waals surface area contributed by atoms with Gasteiger partial charge in [-0.3, -0.25) is 0 Å². The fraction of sp³-hybridized carbons (Fsp3) is 0.476. The van der Waals surface area contributed by atoms with Crippen LogP contribution in [0.25, 0.3) is 51.1 Å². The van der Waals surface area contributed by atoms with E-state index in [0.717, 1.165) is 23.7 Å². The van der Waals surface area contributed by atoms with Crippen LogP contribution in [0, 0.1) is 23.7 Å². The van der Waals surface area contributed by atoms with Gasteiger partial charge >= 0.3 is 0 Å². The molecule has 44 heavy (non-hydrogen) atoms. The summed E-state index contributed by atoms with van der Waals surface area (Å²) in [5.74, 6) is 3.24. The van der Waals surface area contributed by atoms with Gasteiger partial charge in [0.1, 0.15) is 0 Å². The molecule has 0 amide bonds. The molecule has 2 atom stereocenters. The zero-order valence-corrected chi connectivity index (χ0v) is 29.6. The molecular weight excluding hydrogens is 569 g/mol. The largest absolute Gasteiger partial charge is 0.133 e. The van der Waals surface area contributed by atoms with Crippen molar-refractivity contribution in [3.8, 4) is 0 Å². The first-order valence-electron chi connectivity index (χ1n) is 17.5. The zero-order chi connectivity index (χ0) is 30.8. The fourth-order valence-electron chi connectivity index (χ4n) is 7.08. The molecule has 0 aliphatic carbocycles. The van der Waals surface area contributed by atoms with Crippen LogP contribution in [0.4, 0.5) is 0 Å². The van der Waals surface area contributed by atoms with Crippen molar-refractivity contribution < 1.29 is 0 Å². The monoisotopic (exact) mass is 620 g/mol. The molecule has 2 unspecified atom stereocenters. The minimum absolute atomic E-state index is 0.798. The van der Waals surface area contributed by atoms with Gasteiger partial charge in [-0.05, 0) is 94.2 Å². The Morgan fingerprint density at radius 1 is 0.432 bits per heavy atom. The van der Waals surface area contributed by atoms with Crippen molar-refractivity contribution in [2.24, 2.45) is 23.7 Å². The van der Waals surface area contributed by atoms with Gasteiger partial charge in [-0.1, -0.05) is 129 Å². The van der Waals surface area contributed by atoms with Crippen LogP contribution in [0.1, 0.15) is 104 Å². The maximum absolute atomic E-state index is 2.51. The second-order valence-corrected chi connectivity index (χ2v) is 16.8. The van der Waals surface area contributed by atoms with Crippen molar-refractivity contribution in [1.82, 2.24) is 0 Å². The van der Waals surface area contributed by atoms with Crippen LogP contribution in [0.2, 0.25) is 0 Å². The molecule has 0 bridgehead atoms. The summed E-state index contributed by atoms with van der Waals surface area (Å²) < 4.78 is 5.89. The molecule has 0 aliphatic heterocycles. The van der Waals surface area contributed by atoms with Gasteiger partial charge in [0.2, 0.25) is 0 Å². The summed E-state index contributed by atoms with van der Waals surface area (Å²) in [6.07, 6.45) is 13.1. The lowest BCUT2D eigenvalue weighted by Crippen LogP contribution is -1.99. The highest BCUT2D eigenvalue weighted by Gasteiger charge is 2.16. The van der Waals surface area contributed by atoms with Crippen molar-refractivity contribution >= 4 is 73.8 Å². The first-order valence-corrected chi connectivity index (χ1v) is 19.1. The Balaban J connectivity index is 1.26. The van der Waals surface area contributed by atoms with E-state index in [4.69, 9.17) is 0 Å². The fourth-order valence-corrected chi connectivity index (χ4v) is 9.97. The number of hydrogen-bond donors (Lipinski definition) is 0. The molecule has 2 aromatic heterocycles. The molecule has 2 heterocycles. The Labute approximate surface area is 273 Å². The second-order valence-electron chi connectivity index (χ2n) is 14.8. The lowest BCUT2D eigenvalue weighted by Gasteiger charge is -2.13. The van der Waals surface area contributed by atoms with Crippen LogP contribution in [-0.4, -0.2) is 0 Å². The molecule has 0 saturated carbocycles. The first kappa shape index (κ1) is 31.6. The van der Waals surface area contributed by atoms with Gasteiger partial charge in [0, 0.05) is 20.2 Å². The molecular formula is C42H52S2. The van der Waals surface area contributed by atoms with E-state index in [1.807, 2.05) is 22.7 Å². The molecule has 0 nitrogen and oxygen atoms in total. The summed E-state index contributed by atoms with van der Waals surface area (Å²) in [4.78, 5) is 0. The van der Waals surface area contributed by atoms with E-state index < -0.39 is 0 Å². The van der Waals surface area contributed by atoms with Gasteiger partial charge in [-0.25, -0.2) is 0 Å². The smallest absolute Gasteiger partial charge is 0.0542 e. The molecule has 6 rings (SSSR count). The first-order chi connectivity index (χ1) is 21.3. The summed E-state index contributed by atoms with van der Waals surface area (Å²) in [7, 11) is 0. The third-order valence-electron chi connectivity index (χ3n) is 9.99. The van der Waals surface area contributed by atoms with Crippen LogP contribution < -0.4 is 0 Å². The predicted octanol–water partition coefficient (Wildman–Crippen LogP) is 14.4. The van der Waals surface area contributed by atoms with Gasteiger partial charge < -0.3 is 0 Å². The third kappa shape index (κ3) is 7.02. The van der Waals surface area contributed by atoms with E-state index in [1.165, 1.54) is 126 Å². The van der Waals surface area contributed by atoms with Gasteiger partial charge in [0.05, 0.1) is 9.40 Å². The summed E-state index contributed by atoms with van der Waals surface area (Å²) in [6.45, 7) is 14.3. The molecule has 232 valence electrons. The highest BCUT2D eigenvalue weighted by molar-refractivity contribution is 7.37. The lowest BCUT2D eigenvalue weighted by molar-refractivity contribution is 0.437. The highest BCUT2D eigenvalue weighted by atomic mass is 32.1. The molecule has 6 aromatic rings. The van der Waals surface area contributed by atoms with E-state index in [0.29, 0.717) is 0 Å². The number of benzene rings is 4. The molecule has 0 fully saturated rings. The number of thiophene rings is 2. The van der Waals surface area contributed by atoms with Crippen molar-refractivity contribution in [2.75, 3.05) is 0 Å². The minimum Gasteiger partial charge on any atom is -0.133 e. The van der Waals surface area contributed by atoms with Crippen molar-refractivity contribution in [3.05, 3.63) is 71.8 Å². The van der Waals surface area contributed by atoms with Gasteiger partial charge in [-0.15, -0.1) is 22.7 Å². The summed E-state index contributed by atoms with van der Waals surface area (Å²) >= 11 is 4.04. The normalized spacial score (nSPS) is 13.9. The summed E-state index contributed by atoms with van der Waals surface area (Å²) in [5, 5.41) is 8.52. The topological polar surface area (TPSA) is 0 Å². The van der Waals surface area contributed by atoms with Crippen LogP contribution in [0.3, 0.4) is 0 Å². The third-order valence-corrected chi connectivity index (χ3v) is 12.7. The van der Waals surface area contributed by atoms with Crippen LogP contribution >= 0.6 is 22.7 Å². The lowest BCUT2D eigenvalue weighted by atomic mass is 9.93. The molecule has 0 N–H and O–H groups in total. The van der Waals surface area contributed by atoms with Gasteiger partial charge in [-0.2, -0.15) is 0 Å². The quantitative estimate of drug-likeness (QED) is 0.114. The Kier molecular flexibility index (Phi) is 9.98. The average molecular weight is 621 g/mol. The summed E-state index contributed by atoms with van der Waals surface area (Å²) in [5.41, 5.74) is 2.99. The molecule has 0 radical (unpaired) electrons.